The van der Waals surface area contributed by atoms with Crippen molar-refractivity contribution in [2.24, 2.45) is 10.7 Å². The number of nitrogens with zero attached hydrogens (tertiary/aromatic N) is 4. The lowest BCUT2D eigenvalue weighted by atomic mass is 10.0. The molecule has 0 atom stereocenters. The first-order valence-electron chi connectivity index (χ1n) is 11.4. The molecule has 194 valence electrons. The van der Waals surface area contributed by atoms with Crippen molar-refractivity contribution in [2.75, 3.05) is 44.1 Å². The number of amides is 1. The second-order valence-electron chi connectivity index (χ2n) is 7.98. The van der Waals surface area contributed by atoms with Gasteiger partial charge in [-0.3, -0.25) is 9.79 Å². The third-order valence-electron chi connectivity index (χ3n) is 4.76. The maximum Gasteiger partial charge on any atom is 0.247 e. The molecule has 0 bridgehead atoms. The number of rotatable bonds is 9. The van der Waals surface area contributed by atoms with Gasteiger partial charge in [-0.25, -0.2) is 9.37 Å². The Labute approximate surface area is 217 Å². The van der Waals surface area contributed by atoms with Crippen LogP contribution in [0.5, 0.6) is 0 Å². The number of nitrogens with two attached hydrogens (primary N) is 1. The number of aromatic nitrogens is 2. The van der Waals surface area contributed by atoms with Crippen molar-refractivity contribution in [1.29, 1.82) is 0 Å². The molecule has 0 aliphatic carbocycles. The molecule has 0 saturated carbocycles. The fraction of sp³-hybridized carbons (Fsp3) is 0.185. The molecule has 0 spiro atoms. The van der Waals surface area contributed by atoms with Crippen LogP contribution in [0.15, 0.2) is 84.3 Å². The van der Waals surface area contributed by atoms with E-state index in [4.69, 9.17) is 5.73 Å². The SMILES string of the molecule is C=CC(=O)Nc1ccc(F)cc1.CN=C/C(=C\N)Nc1ncc(-c2cccc(CN(C)C)c2)c(NC)n1. The first-order chi connectivity index (χ1) is 17.8. The minimum Gasteiger partial charge on any atom is -0.403 e. The highest BCUT2D eigenvalue weighted by Gasteiger charge is 2.10. The molecule has 1 amide bonds. The van der Waals surface area contributed by atoms with Crippen LogP contribution < -0.4 is 21.7 Å². The summed E-state index contributed by atoms with van der Waals surface area (Å²) in [7, 11) is 7.62. The minimum absolute atomic E-state index is 0.304. The number of hydrogen-bond donors (Lipinski definition) is 4. The standard InChI is InChI=1S/C18H25N7.C9H8FNO/c1-20-10-15(9-19)23-18-22-11-16(17(21-2)24-18)14-7-5-6-13(8-14)12-25(3)4;1-2-9(12)11-8-5-3-7(10)4-6-8/h5-11H,12,19H2,1-4H3,(H2,21,22,23,24);2-6H,1H2,(H,11,12)/b15-9+,20-10?;. The summed E-state index contributed by atoms with van der Waals surface area (Å²) < 4.78 is 12.4. The van der Waals surface area contributed by atoms with E-state index in [2.05, 4.69) is 74.7 Å². The first kappa shape index (κ1) is 28.7. The molecular formula is C27H33FN8O. The van der Waals surface area contributed by atoms with Crippen molar-refractivity contribution in [3.05, 3.63) is 90.7 Å². The van der Waals surface area contributed by atoms with E-state index >= 15 is 0 Å². The van der Waals surface area contributed by atoms with E-state index in [1.165, 1.54) is 36.0 Å². The molecule has 5 N–H and O–H groups in total. The maximum absolute atomic E-state index is 12.4. The Balaban J connectivity index is 0.000000335. The van der Waals surface area contributed by atoms with Gasteiger partial charge in [0.1, 0.15) is 11.6 Å². The lowest BCUT2D eigenvalue weighted by Crippen LogP contribution is -2.10. The largest absolute Gasteiger partial charge is 0.403 e. The van der Waals surface area contributed by atoms with Gasteiger partial charge in [0.25, 0.3) is 0 Å². The van der Waals surface area contributed by atoms with Crippen molar-refractivity contribution >= 4 is 29.6 Å². The van der Waals surface area contributed by atoms with Crippen LogP contribution in [0.1, 0.15) is 5.56 Å². The molecule has 0 aliphatic heterocycles. The van der Waals surface area contributed by atoms with Crippen LogP contribution in [0, 0.1) is 5.82 Å². The van der Waals surface area contributed by atoms with E-state index in [9.17, 15) is 9.18 Å². The number of aliphatic imine (C=N–C) groups is 1. The Morgan fingerprint density at radius 1 is 1.19 bits per heavy atom. The van der Waals surface area contributed by atoms with Gasteiger partial charge in [0.15, 0.2) is 0 Å². The normalized spacial score (nSPS) is 11.0. The summed E-state index contributed by atoms with van der Waals surface area (Å²) in [5.74, 6) is 0.562. The lowest BCUT2D eigenvalue weighted by Gasteiger charge is -2.13. The Morgan fingerprint density at radius 2 is 1.92 bits per heavy atom. The van der Waals surface area contributed by atoms with Crippen LogP contribution in [-0.2, 0) is 11.3 Å². The first-order valence-corrected chi connectivity index (χ1v) is 11.4. The average molecular weight is 505 g/mol. The molecule has 2 aromatic carbocycles. The predicted molar refractivity (Wildman–Crippen MR) is 150 cm³/mol. The summed E-state index contributed by atoms with van der Waals surface area (Å²) in [6.07, 6.45) is 5.99. The molecule has 10 heteroatoms. The van der Waals surface area contributed by atoms with Crippen LogP contribution >= 0.6 is 0 Å². The minimum atomic E-state index is -0.327. The number of anilines is 3. The average Bonchev–Trinajstić information content (AvgIpc) is 2.89. The molecule has 0 fully saturated rings. The highest BCUT2D eigenvalue weighted by Crippen LogP contribution is 2.27. The molecule has 0 radical (unpaired) electrons. The van der Waals surface area contributed by atoms with Gasteiger partial charge in [-0.05, 0) is 61.6 Å². The topological polar surface area (TPSA) is 121 Å². The smallest absolute Gasteiger partial charge is 0.247 e. The molecule has 9 nitrogen and oxygen atoms in total. The summed E-state index contributed by atoms with van der Waals surface area (Å²) in [4.78, 5) is 25.7. The van der Waals surface area contributed by atoms with Gasteiger partial charge < -0.3 is 26.6 Å². The van der Waals surface area contributed by atoms with Gasteiger partial charge in [0.05, 0.1) is 5.70 Å². The highest BCUT2D eigenvalue weighted by atomic mass is 19.1. The molecule has 0 unspecified atom stereocenters. The summed E-state index contributed by atoms with van der Waals surface area (Å²) in [6.45, 7) is 4.17. The van der Waals surface area contributed by atoms with Gasteiger partial charge >= 0.3 is 0 Å². The van der Waals surface area contributed by atoms with Crippen LogP contribution in [0.2, 0.25) is 0 Å². The number of hydrogen-bond acceptors (Lipinski definition) is 8. The Hall–Kier alpha value is -4.57. The summed E-state index contributed by atoms with van der Waals surface area (Å²) in [6, 6.07) is 13.9. The molecule has 3 aromatic rings. The van der Waals surface area contributed by atoms with Gasteiger partial charge in [-0.1, -0.05) is 24.8 Å². The molecule has 1 aromatic heterocycles. The van der Waals surface area contributed by atoms with Gasteiger partial charge in [-0.2, -0.15) is 4.98 Å². The molecule has 1 heterocycles. The Kier molecular flexibility index (Phi) is 11.4. The monoisotopic (exact) mass is 504 g/mol. The van der Waals surface area contributed by atoms with Gasteiger partial charge in [-0.15, -0.1) is 0 Å². The molecule has 0 aliphatic rings. The van der Waals surface area contributed by atoms with Crippen LogP contribution in [0.4, 0.5) is 21.8 Å². The quantitative estimate of drug-likeness (QED) is 0.256. The van der Waals surface area contributed by atoms with Crippen LogP contribution in [0.25, 0.3) is 11.1 Å². The van der Waals surface area contributed by atoms with Crippen molar-refractivity contribution in [2.45, 2.75) is 6.54 Å². The number of carbonyl (C=O) groups excluding carboxylic acids is 1. The Bertz CT molecular complexity index is 1240. The van der Waals surface area contributed by atoms with E-state index in [0.717, 1.165) is 29.6 Å². The summed E-state index contributed by atoms with van der Waals surface area (Å²) >= 11 is 0. The van der Waals surface area contributed by atoms with E-state index in [-0.39, 0.29) is 11.7 Å². The number of carbonyl (C=O) groups is 1. The third kappa shape index (κ3) is 9.54. The number of nitrogens with one attached hydrogen (secondary N) is 3. The zero-order valence-electron chi connectivity index (χ0n) is 21.5. The second kappa shape index (κ2) is 14.7. The van der Waals surface area contributed by atoms with Crippen molar-refractivity contribution in [1.82, 2.24) is 14.9 Å². The van der Waals surface area contributed by atoms with Crippen molar-refractivity contribution < 1.29 is 9.18 Å². The number of halogens is 1. The zero-order valence-corrected chi connectivity index (χ0v) is 21.5. The Morgan fingerprint density at radius 3 is 2.51 bits per heavy atom. The molecule has 3 rings (SSSR count). The molecular weight excluding hydrogens is 471 g/mol. The summed E-state index contributed by atoms with van der Waals surface area (Å²) in [5, 5.41) is 8.67. The summed E-state index contributed by atoms with van der Waals surface area (Å²) in [5.41, 5.74) is 10.00. The van der Waals surface area contributed by atoms with Crippen molar-refractivity contribution in [3.63, 3.8) is 0 Å². The van der Waals surface area contributed by atoms with Crippen molar-refractivity contribution in [3.8, 4) is 11.1 Å². The lowest BCUT2D eigenvalue weighted by molar-refractivity contribution is -0.111. The zero-order chi connectivity index (χ0) is 27.2. The van der Waals surface area contributed by atoms with Crippen LogP contribution in [-0.4, -0.2) is 55.2 Å². The third-order valence-corrected chi connectivity index (χ3v) is 4.76. The van der Waals surface area contributed by atoms with Crippen LogP contribution in [0.3, 0.4) is 0 Å². The van der Waals surface area contributed by atoms with E-state index in [0.29, 0.717) is 17.3 Å². The fourth-order valence-corrected chi connectivity index (χ4v) is 3.16. The van der Waals surface area contributed by atoms with E-state index < -0.39 is 0 Å². The highest BCUT2D eigenvalue weighted by molar-refractivity contribution is 5.98. The maximum atomic E-state index is 12.4. The van der Waals surface area contributed by atoms with E-state index in [1.54, 1.807) is 19.5 Å². The molecule has 37 heavy (non-hydrogen) atoms. The fourth-order valence-electron chi connectivity index (χ4n) is 3.16. The number of allylic oxidation sites excluding steroid dienone is 1. The second-order valence-corrected chi connectivity index (χ2v) is 7.98. The van der Waals surface area contributed by atoms with E-state index in [1.807, 2.05) is 13.1 Å². The predicted octanol–water partition coefficient (Wildman–Crippen LogP) is 4.11. The molecule has 0 saturated heterocycles. The van der Waals surface area contributed by atoms with Gasteiger partial charge in [0, 0.05) is 50.5 Å². The number of benzene rings is 2. The van der Waals surface area contributed by atoms with Gasteiger partial charge in [0.2, 0.25) is 11.9 Å².